The Morgan fingerprint density at radius 1 is 1.12 bits per heavy atom. The number of carbonyl (C=O) groups excluding carboxylic acids is 1. The molecule has 4 rings (SSSR count). The van der Waals surface area contributed by atoms with Crippen molar-refractivity contribution in [2.75, 3.05) is 32.8 Å². The van der Waals surface area contributed by atoms with Gasteiger partial charge >= 0.3 is 0 Å². The second-order valence-electron chi connectivity index (χ2n) is 8.32. The van der Waals surface area contributed by atoms with Gasteiger partial charge in [0, 0.05) is 31.2 Å². The van der Waals surface area contributed by atoms with E-state index in [1.807, 2.05) is 13.0 Å². The van der Waals surface area contributed by atoms with Crippen molar-refractivity contribution in [1.82, 2.24) is 9.21 Å². The van der Waals surface area contributed by atoms with Crippen LogP contribution in [-0.2, 0) is 27.6 Å². The van der Waals surface area contributed by atoms with Gasteiger partial charge in [-0.2, -0.15) is 4.31 Å². The summed E-state index contributed by atoms with van der Waals surface area (Å²) < 4.78 is 46.9. The zero-order valence-corrected chi connectivity index (χ0v) is 19.1. The predicted molar refractivity (Wildman–Crippen MR) is 120 cm³/mol. The number of amides is 1. The van der Waals surface area contributed by atoms with E-state index in [1.165, 1.54) is 22.5 Å². The van der Waals surface area contributed by atoms with E-state index in [-0.39, 0.29) is 22.7 Å². The van der Waals surface area contributed by atoms with Gasteiger partial charge < -0.3 is 9.64 Å². The van der Waals surface area contributed by atoms with Crippen molar-refractivity contribution in [2.24, 2.45) is 0 Å². The van der Waals surface area contributed by atoms with E-state index < -0.39 is 10.0 Å². The molecule has 1 amide bonds. The number of likely N-dealkylation sites (tertiary alicyclic amines) is 1. The molecule has 0 aromatic heterocycles. The summed E-state index contributed by atoms with van der Waals surface area (Å²) in [6.07, 6.45) is 2.85. The Morgan fingerprint density at radius 2 is 1.91 bits per heavy atom. The van der Waals surface area contributed by atoms with Crippen molar-refractivity contribution in [1.29, 1.82) is 0 Å². The van der Waals surface area contributed by atoms with E-state index in [2.05, 4.69) is 0 Å². The summed E-state index contributed by atoms with van der Waals surface area (Å²) in [6.45, 7) is 3.88. The molecule has 0 saturated carbocycles. The molecule has 8 heteroatoms. The van der Waals surface area contributed by atoms with E-state index in [0.717, 1.165) is 18.4 Å². The number of sulfonamides is 1. The molecule has 0 bridgehead atoms. The standard InChI is InChI=1S/C24H29FN2O4S/c1-2-19-8-9-20(17-23(19)32(29,30)26-11-13-31-14-12-26)24(28)27-10-4-7-22(27)16-18-5-3-6-21(25)15-18/h3,5-6,8-9,15,17,22H,2,4,7,10-14,16H2,1H3. The number of aryl methyl sites for hydroxylation is 1. The Kier molecular flexibility index (Phi) is 6.93. The zero-order valence-electron chi connectivity index (χ0n) is 18.3. The van der Waals surface area contributed by atoms with Gasteiger partial charge in [0.05, 0.1) is 18.1 Å². The van der Waals surface area contributed by atoms with Gasteiger partial charge in [0.25, 0.3) is 5.91 Å². The smallest absolute Gasteiger partial charge is 0.254 e. The van der Waals surface area contributed by atoms with Gasteiger partial charge in [-0.15, -0.1) is 0 Å². The fraction of sp³-hybridized carbons (Fsp3) is 0.458. The first-order chi connectivity index (χ1) is 15.4. The highest BCUT2D eigenvalue weighted by atomic mass is 32.2. The third kappa shape index (κ3) is 4.72. The van der Waals surface area contributed by atoms with Crippen LogP contribution in [0.1, 0.15) is 41.3 Å². The minimum atomic E-state index is -3.71. The second-order valence-corrected chi connectivity index (χ2v) is 10.2. The largest absolute Gasteiger partial charge is 0.379 e. The Morgan fingerprint density at radius 3 is 2.62 bits per heavy atom. The van der Waals surface area contributed by atoms with E-state index in [1.54, 1.807) is 23.1 Å². The molecule has 172 valence electrons. The summed E-state index contributed by atoms with van der Waals surface area (Å²) in [5.74, 6) is -0.462. The van der Waals surface area contributed by atoms with Gasteiger partial charge in [0.15, 0.2) is 0 Å². The maximum absolute atomic E-state index is 13.6. The molecule has 0 radical (unpaired) electrons. The predicted octanol–water partition coefficient (Wildman–Crippen LogP) is 3.26. The summed E-state index contributed by atoms with van der Waals surface area (Å²) in [5, 5.41) is 0. The number of halogens is 1. The Labute approximate surface area is 189 Å². The van der Waals surface area contributed by atoms with Crippen LogP contribution in [0.5, 0.6) is 0 Å². The molecule has 32 heavy (non-hydrogen) atoms. The number of hydrogen-bond donors (Lipinski definition) is 0. The first kappa shape index (κ1) is 22.9. The molecule has 0 aliphatic carbocycles. The van der Waals surface area contributed by atoms with Gasteiger partial charge in [0.2, 0.25) is 10.0 Å². The number of morpholine rings is 1. The summed E-state index contributed by atoms with van der Waals surface area (Å²) in [6, 6.07) is 11.4. The lowest BCUT2D eigenvalue weighted by Crippen LogP contribution is -2.41. The minimum Gasteiger partial charge on any atom is -0.379 e. The Hall–Kier alpha value is -2.29. The molecule has 2 aromatic rings. The SMILES string of the molecule is CCc1ccc(C(=O)N2CCCC2Cc2cccc(F)c2)cc1S(=O)(=O)N1CCOCC1. The molecular weight excluding hydrogens is 431 g/mol. The lowest BCUT2D eigenvalue weighted by atomic mass is 10.0. The number of benzene rings is 2. The highest BCUT2D eigenvalue weighted by Crippen LogP contribution is 2.27. The molecule has 2 aromatic carbocycles. The van der Waals surface area contributed by atoms with Gasteiger partial charge in [-0.3, -0.25) is 4.79 Å². The van der Waals surface area contributed by atoms with Gasteiger partial charge in [0.1, 0.15) is 5.82 Å². The van der Waals surface area contributed by atoms with Crippen LogP contribution in [0.3, 0.4) is 0 Å². The fourth-order valence-corrected chi connectivity index (χ4v) is 6.29. The molecule has 0 N–H and O–H groups in total. The van der Waals surface area contributed by atoms with E-state index >= 15 is 0 Å². The van der Waals surface area contributed by atoms with E-state index in [9.17, 15) is 17.6 Å². The van der Waals surface area contributed by atoms with Gasteiger partial charge in [-0.25, -0.2) is 12.8 Å². The van der Waals surface area contributed by atoms with Crippen molar-refractivity contribution >= 4 is 15.9 Å². The summed E-state index contributed by atoms with van der Waals surface area (Å²) in [5.41, 5.74) is 1.93. The molecule has 1 unspecified atom stereocenters. The molecule has 2 aliphatic rings. The second kappa shape index (κ2) is 9.68. The fourth-order valence-electron chi connectivity index (χ4n) is 4.56. The van der Waals surface area contributed by atoms with Crippen molar-refractivity contribution in [3.63, 3.8) is 0 Å². The summed E-state index contributed by atoms with van der Waals surface area (Å²) >= 11 is 0. The number of carbonyl (C=O) groups is 1. The highest BCUT2D eigenvalue weighted by Gasteiger charge is 2.32. The lowest BCUT2D eigenvalue weighted by molar-refractivity contribution is 0.0727. The molecule has 6 nitrogen and oxygen atoms in total. The van der Waals surface area contributed by atoms with Crippen LogP contribution in [0.4, 0.5) is 4.39 Å². The number of hydrogen-bond acceptors (Lipinski definition) is 4. The average molecular weight is 461 g/mol. The maximum Gasteiger partial charge on any atom is 0.254 e. The molecule has 2 saturated heterocycles. The van der Waals surface area contributed by atoms with Crippen LogP contribution in [0.25, 0.3) is 0 Å². The monoisotopic (exact) mass is 460 g/mol. The van der Waals surface area contributed by atoms with Crippen LogP contribution < -0.4 is 0 Å². The van der Waals surface area contributed by atoms with E-state index in [4.69, 9.17) is 4.74 Å². The highest BCUT2D eigenvalue weighted by molar-refractivity contribution is 7.89. The van der Waals surface area contributed by atoms with Crippen LogP contribution in [0, 0.1) is 5.82 Å². The molecule has 2 heterocycles. The van der Waals surface area contributed by atoms with Crippen molar-refractivity contribution in [3.05, 3.63) is 65.0 Å². The number of nitrogens with zero attached hydrogens (tertiary/aromatic N) is 2. The Balaban J connectivity index is 1.60. The Bertz CT molecular complexity index is 1080. The van der Waals surface area contributed by atoms with Crippen molar-refractivity contribution < 1.29 is 22.3 Å². The van der Waals surface area contributed by atoms with Crippen LogP contribution in [-0.4, -0.2) is 62.4 Å². The average Bonchev–Trinajstić information content (AvgIpc) is 3.26. The number of rotatable bonds is 6. The van der Waals surface area contributed by atoms with Gasteiger partial charge in [-0.1, -0.05) is 25.1 Å². The van der Waals surface area contributed by atoms with Gasteiger partial charge in [-0.05, 0) is 61.1 Å². The molecule has 0 spiro atoms. The molecule has 2 aliphatic heterocycles. The van der Waals surface area contributed by atoms with Crippen LogP contribution in [0.2, 0.25) is 0 Å². The van der Waals surface area contributed by atoms with Crippen molar-refractivity contribution in [2.45, 2.75) is 43.5 Å². The summed E-state index contributed by atoms with van der Waals surface area (Å²) in [4.78, 5) is 15.4. The number of ether oxygens (including phenoxy) is 1. The quantitative estimate of drug-likeness (QED) is 0.664. The van der Waals surface area contributed by atoms with Crippen LogP contribution in [0.15, 0.2) is 47.4 Å². The zero-order chi connectivity index (χ0) is 22.7. The first-order valence-corrected chi connectivity index (χ1v) is 12.6. The van der Waals surface area contributed by atoms with Crippen molar-refractivity contribution in [3.8, 4) is 0 Å². The minimum absolute atomic E-state index is 0.0329. The first-order valence-electron chi connectivity index (χ1n) is 11.2. The van der Waals surface area contributed by atoms with Crippen LogP contribution >= 0.6 is 0 Å². The summed E-state index contributed by atoms with van der Waals surface area (Å²) in [7, 11) is -3.71. The molecule has 1 atom stereocenters. The van der Waals surface area contributed by atoms with E-state index in [0.29, 0.717) is 56.8 Å². The third-order valence-corrected chi connectivity index (χ3v) is 8.26. The molecule has 2 fully saturated rings. The topological polar surface area (TPSA) is 66.9 Å². The normalized spacial score (nSPS) is 19.9. The maximum atomic E-state index is 13.6. The molecular formula is C24H29FN2O4S. The third-order valence-electron chi connectivity index (χ3n) is 6.28. The lowest BCUT2D eigenvalue weighted by Gasteiger charge is -2.28.